The second-order valence-electron chi connectivity index (χ2n) is 3.99. The lowest BCUT2D eigenvalue weighted by atomic mass is 10.2. The maximum absolute atomic E-state index is 12.1. The number of esters is 1. The minimum absolute atomic E-state index is 0.00479. The Morgan fingerprint density at radius 3 is 2.79 bits per heavy atom. The maximum atomic E-state index is 12.1. The first kappa shape index (κ1) is 13.1. The first-order valence-corrected chi connectivity index (χ1v) is 6.01. The zero-order valence-electron chi connectivity index (χ0n) is 10.5. The molecule has 0 amide bonds. The molecule has 1 heterocycles. The minimum Gasteiger partial charge on any atom is -0.466 e. The number of nitrogens with one attached hydrogen (secondary N) is 1. The van der Waals surface area contributed by atoms with Gasteiger partial charge in [0.05, 0.1) is 23.9 Å². The molecule has 0 aliphatic rings. The molecule has 6 heteroatoms. The molecule has 0 saturated carbocycles. The van der Waals surface area contributed by atoms with E-state index < -0.39 is 17.2 Å². The van der Waals surface area contributed by atoms with Crippen molar-refractivity contribution in [2.45, 2.75) is 19.9 Å². The van der Waals surface area contributed by atoms with Crippen LogP contribution in [0.5, 0.6) is 0 Å². The number of carbonyl (C=O) groups is 1. The molecular formula is C13H14N2O4. The Kier molecular flexibility index (Phi) is 3.79. The quantitative estimate of drug-likeness (QED) is 0.820. The number of nitrogens with zero attached hydrogens (tertiary/aromatic N) is 1. The Labute approximate surface area is 108 Å². The number of hydrogen-bond acceptors (Lipinski definition) is 4. The highest BCUT2D eigenvalue weighted by molar-refractivity contribution is 5.77. The van der Waals surface area contributed by atoms with Crippen molar-refractivity contribution in [3.8, 4) is 0 Å². The molecule has 0 unspecified atom stereocenters. The standard InChI is InChI=1S/C13H14N2O4/c1-2-19-11(16)7-8-15-12(17)9-5-3-4-6-10(9)14-13(15)18/h3-6H,2,7-8H2,1H3,(H,14,18). The van der Waals surface area contributed by atoms with Crippen molar-refractivity contribution in [1.82, 2.24) is 9.55 Å². The third-order valence-electron chi connectivity index (χ3n) is 2.73. The second kappa shape index (κ2) is 5.51. The van der Waals surface area contributed by atoms with E-state index in [4.69, 9.17) is 4.74 Å². The van der Waals surface area contributed by atoms with Gasteiger partial charge in [0.1, 0.15) is 0 Å². The van der Waals surface area contributed by atoms with Crippen molar-refractivity contribution in [2.24, 2.45) is 0 Å². The van der Waals surface area contributed by atoms with Gasteiger partial charge in [-0.2, -0.15) is 0 Å². The van der Waals surface area contributed by atoms with Gasteiger partial charge in [-0.1, -0.05) is 12.1 Å². The van der Waals surface area contributed by atoms with Crippen LogP contribution in [0, 0.1) is 0 Å². The lowest BCUT2D eigenvalue weighted by Crippen LogP contribution is -2.35. The summed E-state index contributed by atoms with van der Waals surface area (Å²) in [4.78, 5) is 37.8. The Morgan fingerprint density at radius 2 is 2.05 bits per heavy atom. The van der Waals surface area contributed by atoms with Gasteiger partial charge in [0.2, 0.25) is 0 Å². The van der Waals surface area contributed by atoms with Gasteiger partial charge in [-0.05, 0) is 19.1 Å². The number of ether oxygens (including phenoxy) is 1. The van der Waals surface area contributed by atoms with Crippen LogP contribution < -0.4 is 11.2 Å². The van der Waals surface area contributed by atoms with E-state index in [1.165, 1.54) is 0 Å². The molecule has 0 bridgehead atoms. The average Bonchev–Trinajstić information content (AvgIpc) is 2.39. The SMILES string of the molecule is CCOC(=O)CCn1c(=O)[nH]c2ccccc2c1=O. The fourth-order valence-corrected chi connectivity index (χ4v) is 1.84. The summed E-state index contributed by atoms with van der Waals surface area (Å²) in [6, 6.07) is 6.75. The third kappa shape index (κ3) is 2.73. The monoisotopic (exact) mass is 262 g/mol. The lowest BCUT2D eigenvalue weighted by Gasteiger charge is -2.06. The number of para-hydroxylation sites is 1. The topological polar surface area (TPSA) is 81.2 Å². The van der Waals surface area contributed by atoms with E-state index in [0.29, 0.717) is 10.9 Å². The van der Waals surface area contributed by atoms with Gasteiger partial charge in [-0.3, -0.25) is 14.2 Å². The van der Waals surface area contributed by atoms with Crippen molar-refractivity contribution < 1.29 is 9.53 Å². The second-order valence-corrected chi connectivity index (χ2v) is 3.99. The van der Waals surface area contributed by atoms with E-state index in [2.05, 4.69) is 4.98 Å². The molecule has 0 aliphatic carbocycles. The van der Waals surface area contributed by atoms with Crippen LogP contribution in [0.4, 0.5) is 0 Å². The van der Waals surface area contributed by atoms with Gasteiger partial charge in [0, 0.05) is 6.54 Å². The fraction of sp³-hybridized carbons (Fsp3) is 0.308. The highest BCUT2D eigenvalue weighted by Gasteiger charge is 2.09. The van der Waals surface area contributed by atoms with Gasteiger partial charge < -0.3 is 9.72 Å². The van der Waals surface area contributed by atoms with E-state index in [0.717, 1.165) is 4.57 Å². The van der Waals surface area contributed by atoms with Gasteiger partial charge >= 0.3 is 11.7 Å². The number of rotatable bonds is 4. The van der Waals surface area contributed by atoms with Crippen LogP contribution in [0.25, 0.3) is 10.9 Å². The number of aromatic amines is 1. The van der Waals surface area contributed by atoms with Crippen LogP contribution in [0.2, 0.25) is 0 Å². The summed E-state index contributed by atoms with van der Waals surface area (Å²) >= 11 is 0. The van der Waals surface area contributed by atoms with Crippen LogP contribution in [-0.2, 0) is 16.1 Å². The van der Waals surface area contributed by atoms with Gasteiger partial charge in [-0.25, -0.2) is 4.79 Å². The number of benzene rings is 1. The number of hydrogen-bond donors (Lipinski definition) is 1. The molecule has 0 atom stereocenters. The first-order chi connectivity index (χ1) is 9.13. The van der Waals surface area contributed by atoms with Crippen molar-refractivity contribution in [2.75, 3.05) is 6.61 Å². The number of aromatic nitrogens is 2. The normalized spacial score (nSPS) is 10.6. The largest absolute Gasteiger partial charge is 0.466 e. The van der Waals surface area contributed by atoms with E-state index in [9.17, 15) is 14.4 Å². The molecule has 0 fully saturated rings. The molecule has 1 N–H and O–H groups in total. The van der Waals surface area contributed by atoms with E-state index in [-0.39, 0.29) is 19.6 Å². The molecule has 1 aromatic heterocycles. The zero-order valence-corrected chi connectivity index (χ0v) is 10.5. The molecule has 0 spiro atoms. The Balaban J connectivity index is 2.36. The Hall–Kier alpha value is -2.37. The third-order valence-corrected chi connectivity index (χ3v) is 2.73. The summed E-state index contributed by atoms with van der Waals surface area (Å²) in [7, 11) is 0. The van der Waals surface area contributed by atoms with Crippen LogP contribution >= 0.6 is 0 Å². The van der Waals surface area contributed by atoms with Crippen LogP contribution in [0.1, 0.15) is 13.3 Å². The molecule has 2 rings (SSSR count). The van der Waals surface area contributed by atoms with Crippen molar-refractivity contribution in [3.05, 3.63) is 45.1 Å². The van der Waals surface area contributed by atoms with Gasteiger partial charge in [0.25, 0.3) is 5.56 Å². The molecular weight excluding hydrogens is 248 g/mol. The number of carbonyl (C=O) groups excluding carboxylic acids is 1. The Bertz CT molecular complexity index is 714. The van der Waals surface area contributed by atoms with Gasteiger partial charge in [0.15, 0.2) is 0 Å². The molecule has 0 aliphatic heterocycles. The lowest BCUT2D eigenvalue weighted by molar-refractivity contribution is -0.143. The van der Waals surface area contributed by atoms with Crippen LogP contribution in [0.15, 0.2) is 33.9 Å². The summed E-state index contributed by atoms with van der Waals surface area (Å²) in [5, 5.41) is 0.422. The Morgan fingerprint density at radius 1 is 1.32 bits per heavy atom. The first-order valence-electron chi connectivity index (χ1n) is 6.01. The van der Waals surface area contributed by atoms with E-state index in [1.54, 1.807) is 31.2 Å². The van der Waals surface area contributed by atoms with Crippen LogP contribution in [-0.4, -0.2) is 22.1 Å². The fourth-order valence-electron chi connectivity index (χ4n) is 1.84. The van der Waals surface area contributed by atoms with E-state index >= 15 is 0 Å². The molecule has 0 saturated heterocycles. The van der Waals surface area contributed by atoms with Gasteiger partial charge in [-0.15, -0.1) is 0 Å². The number of fused-ring (bicyclic) bond motifs is 1. The van der Waals surface area contributed by atoms with Crippen molar-refractivity contribution >= 4 is 16.9 Å². The van der Waals surface area contributed by atoms with Crippen LogP contribution in [0.3, 0.4) is 0 Å². The average molecular weight is 262 g/mol. The highest BCUT2D eigenvalue weighted by Crippen LogP contribution is 2.03. The predicted octanol–water partition coefficient (Wildman–Crippen LogP) is 0.643. The molecule has 0 radical (unpaired) electrons. The van der Waals surface area contributed by atoms with Crippen molar-refractivity contribution in [3.63, 3.8) is 0 Å². The molecule has 6 nitrogen and oxygen atoms in total. The number of H-pyrrole nitrogens is 1. The van der Waals surface area contributed by atoms with E-state index in [1.807, 2.05) is 0 Å². The summed E-state index contributed by atoms with van der Waals surface area (Å²) in [5.41, 5.74) is -0.429. The summed E-state index contributed by atoms with van der Waals surface area (Å²) < 4.78 is 5.78. The summed E-state index contributed by atoms with van der Waals surface area (Å²) in [5.74, 6) is -0.429. The molecule has 1 aromatic carbocycles. The highest BCUT2D eigenvalue weighted by atomic mass is 16.5. The molecule has 19 heavy (non-hydrogen) atoms. The minimum atomic E-state index is -0.520. The molecule has 2 aromatic rings. The smallest absolute Gasteiger partial charge is 0.328 e. The molecule has 100 valence electrons. The summed E-state index contributed by atoms with van der Waals surface area (Å²) in [6.07, 6.45) is -0.00479. The van der Waals surface area contributed by atoms with Crippen molar-refractivity contribution in [1.29, 1.82) is 0 Å². The maximum Gasteiger partial charge on any atom is 0.328 e. The zero-order chi connectivity index (χ0) is 13.8. The summed E-state index contributed by atoms with van der Waals surface area (Å²) in [6.45, 7) is 1.99. The predicted molar refractivity (Wildman–Crippen MR) is 70.1 cm³/mol.